The fraction of sp³-hybridized carbons (Fsp3) is 0.273. The van der Waals surface area contributed by atoms with Crippen molar-refractivity contribution in [2.24, 2.45) is 4.99 Å². The molecule has 0 radical (unpaired) electrons. The fourth-order valence-electron chi connectivity index (χ4n) is 1.34. The number of hydrogen-bond donors (Lipinski definition) is 0. The molecule has 1 aliphatic rings. The molecule has 1 heterocycles. The molecule has 0 unspecified atom stereocenters. The second-order valence-electron chi connectivity index (χ2n) is 3.21. The Hall–Kier alpha value is -1.84. The maximum Gasteiger partial charge on any atom is 0.312 e. The molecule has 1 aromatic rings. The van der Waals surface area contributed by atoms with E-state index >= 15 is 0 Å². The van der Waals surface area contributed by atoms with E-state index in [0.717, 1.165) is 17.1 Å². The van der Waals surface area contributed by atoms with Crippen LogP contribution in [0.1, 0.15) is 6.42 Å². The smallest absolute Gasteiger partial charge is 0.312 e. The van der Waals surface area contributed by atoms with Gasteiger partial charge in [-0.2, -0.15) is 0 Å². The summed E-state index contributed by atoms with van der Waals surface area (Å²) in [5.74, 6) is 0.583. The first-order valence-corrected chi connectivity index (χ1v) is 4.64. The van der Waals surface area contributed by atoms with Gasteiger partial charge in [-0.3, -0.25) is 9.79 Å². The van der Waals surface area contributed by atoms with Gasteiger partial charge in [0.05, 0.1) is 24.9 Å². The molecule has 0 atom stereocenters. The Morgan fingerprint density at radius 3 is 2.60 bits per heavy atom. The Labute approximate surface area is 87.5 Å². The number of methoxy groups -OCH3 is 1. The molecule has 0 bridgehead atoms. The van der Waals surface area contributed by atoms with Crippen LogP contribution in [-0.4, -0.2) is 25.4 Å². The van der Waals surface area contributed by atoms with E-state index in [2.05, 4.69) is 4.99 Å². The van der Waals surface area contributed by atoms with Crippen molar-refractivity contribution in [3.63, 3.8) is 0 Å². The Morgan fingerprint density at radius 2 is 2.07 bits per heavy atom. The summed E-state index contributed by atoms with van der Waals surface area (Å²) in [6, 6.07) is 7.34. The highest BCUT2D eigenvalue weighted by atomic mass is 16.5. The number of carbonyl (C=O) groups is 1. The molecule has 1 fully saturated rings. The predicted octanol–water partition coefficient (Wildman–Crippen LogP) is 1.71. The molecule has 0 spiro atoms. The topological polar surface area (TPSA) is 47.9 Å². The van der Waals surface area contributed by atoms with E-state index in [9.17, 15) is 4.79 Å². The van der Waals surface area contributed by atoms with E-state index in [4.69, 9.17) is 9.47 Å². The minimum absolute atomic E-state index is 0.206. The molecule has 1 aliphatic heterocycles. The molecule has 15 heavy (non-hydrogen) atoms. The van der Waals surface area contributed by atoms with Crippen LogP contribution in [0, 0.1) is 0 Å². The SMILES string of the molecule is COc1ccc(N=C2COC(=O)C2)cc1. The molecular formula is C11H11NO3. The summed E-state index contributed by atoms with van der Waals surface area (Å²) in [6.45, 7) is 0.310. The molecule has 0 saturated carbocycles. The number of benzene rings is 1. The summed E-state index contributed by atoms with van der Waals surface area (Å²) >= 11 is 0. The lowest BCUT2D eigenvalue weighted by molar-refractivity contribution is -0.137. The molecule has 0 amide bonds. The first-order valence-electron chi connectivity index (χ1n) is 4.64. The minimum Gasteiger partial charge on any atom is -0.497 e. The van der Waals surface area contributed by atoms with Crippen LogP contribution in [0.5, 0.6) is 5.75 Å². The Bertz CT molecular complexity index is 395. The van der Waals surface area contributed by atoms with Gasteiger partial charge < -0.3 is 9.47 Å². The molecule has 1 saturated heterocycles. The van der Waals surface area contributed by atoms with Gasteiger partial charge in [0, 0.05) is 0 Å². The molecule has 1 aromatic carbocycles. The molecule has 0 aromatic heterocycles. The van der Waals surface area contributed by atoms with Gasteiger partial charge in [0.15, 0.2) is 0 Å². The number of cyclic esters (lactones) is 1. The third-order valence-corrected chi connectivity index (χ3v) is 2.11. The third-order valence-electron chi connectivity index (χ3n) is 2.11. The van der Waals surface area contributed by atoms with Crippen molar-refractivity contribution in [3.05, 3.63) is 24.3 Å². The van der Waals surface area contributed by atoms with Gasteiger partial charge in [0.1, 0.15) is 12.4 Å². The highest BCUT2D eigenvalue weighted by Gasteiger charge is 2.17. The van der Waals surface area contributed by atoms with E-state index in [-0.39, 0.29) is 5.97 Å². The van der Waals surface area contributed by atoms with E-state index in [0.29, 0.717) is 13.0 Å². The van der Waals surface area contributed by atoms with Crippen LogP contribution in [0.15, 0.2) is 29.3 Å². The molecule has 0 N–H and O–H groups in total. The van der Waals surface area contributed by atoms with Crippen LogP contribution >= 0.6 is 0 Å². The molecule has 0 aliphatic carbocycles. The fourth-order valence-corrected chi connectivity index (χ4v) is 1.34. The van der Waals surface area contributed by atoms with Crippen molar-refractivity contribution in [2.45, 2.75) is 6.42 Å². The van der Waals surface area contributed by atoms with E-state index in [1.807, 2.05) is 24.3 Å². The number of carbonyl (C=O) groups excluding carboxylic acids is 1. The number of hydrogen-bond acceptors (Lipinski definition) is 4. The van der Waals surface area contributed by atoms with E-state index < -0.39 is 0 Å². The summed E-state index contributed by atoms with van der Waals surface area (Å²) in [4.78, 5) is 15.1. The average molecular weight is 205 g/mol. The summed E-state index contributed by atoms with van der Waals surface area (Å²) in [5, 5.41) is 0. The van der Waals surface area contributed by atoms with Gasteiger partial charge in [0.25, 0.3) is 0 Å². The van der Waals surface area contributed by atoms with E-state index in [1.54, 1.807) is 7.11 Å². The van der Waals surface area contributed by atoms with Crippen molar-refractivity contribution in [1.29, 1.82) is 0 Å². The van der Waals surface area contributed by atoms with Crippen LogP contribution in [0.4, 0.5) is 5.69 Å². The number of nitrogens with zero attached hydrogens (tertiary/aromatic N) is 1. The summed E-state index contributed by atoms with van der Waals surface area (Å²) < 4.78 is 9.82. The van der Waals surface area contributed by atoms with Gasteiger partial charge in [-0.05, 0) is 24.3 Å². The second kappa shape index (κ2) is 4.13. The van der Waals surface area contributed by atoms with Crippen molar-refractivity contribution in [2.75, 3.05) is 13.7 Å². The number of esters is 1. The largest absolute Gasteiger partial charge is 0.497 e. The van der Waals surface area contributed by atoms with Crippen LogP contribution < -0.4 is 4.74 Å². The average Bonchev–Trinajstić information content (AvgIpc) is 2.65. The Morgan fingerprint density at radius 1 is 1.33 bits per heavy atom. The predicted molar refractivity (Wildman–Crippen MR) is 55.7 cm³/mol. The number of ether oxygens (including phenoxy) is 2. The quantitative estimate of drug-likeness (QED) is 0.690. The zero-order chi connectivity index (χ0) is 10.7. The van der Waals surface area contributed by atoms with Gasteiger partial charge in [-0.15, -0.1) is 0 Å². The van der Waals surface area contributed by atoms with Gasteiger partial charge in [-0.1, -0.05) is 0 Å². The second-order valence-corrected chi connectivity index (χ2v) is 3.21. The van der Waals surface area contributed by atoms with Crippen molar-refractivity contribution < 1.29 is 14.3 Å². The lowest BCUT2D eigenvalue weighted by Crippen LogP contribution is -1.94. The first-order chi connectivity index (χ1) is 7.28. The van der Waals surface area contributed by atoms with Gasteiger partial charge in [-0.25, -0.2) is 0 Å². The maximum absolute atomic E-state index is 10.8. The van der Waals surface area contributed by atoms with Gasteiger partial charge in [0.2, 0.25) is 0 Å². The highest BCUT2D eigenvalue weighted by Crippen LogP contribution is 2.19. The normalized spacial score (nSPS) is 17.9. The summed E-state index contributed by atoms with van der Waals surface area (Å²) in [6.07, 6.45) is 0.298. The third kappa shape index (κ3) is 2.34. The minimum atomic E-state index is -0.206. The molecule has 4 nitrogen and oxygen atoms in total. The molecule has 4 heteroatoms. The zero-order valence-corrected chi connectivity index (χ0v) is 8.40. The van der Waals surface area contributed by atoms with Crippen molar-refractivity contribution in [1.82, 2.24) is 0 Å². The lowest BCUT2D eigenvalue weighted by Gasteiger charge is -1.99. The maximum atomic E-state index is 10.8. The standard InChI is InChI=1S/C11H11NO3/c1-14-10-4-2-8(3-5-10)12-9-6-11(13)15-7-9/h2-5H,6-7H2,1H3. The van der Waals surface area contributed by atoms with E-state index in [1.165, 1.54) is 0 Å². The number of aliphatic imine (C=N–C) groups is 1. The number of rotatable bonds is 2. The lowest BCUT2D eigenvalue weighted by atomic mass is 10.3. The summed E-state index contributed by atoms with van der Waals surface area (Å²) in [7, 11) is 1.62. The Balaban J connectivity index is 2.13. The van der Waals surface area contributed by atoms with Crippen LogP contribution in [0.2, 0.25) is 0 Å². The molecule has 78 valence electrons. The van der Waals surface area contributed by atoms with Crippen LogP contribution in [0.25, 0.3) is 0 Å². The van der Waals surface area contributed by atoms with Gasteiger partial charge >= 0.3 is 5.97 Å². The monoisotopic (exact) mass is 205 g/mol. The van der Waals surface area contributed by atoms with Crippen LogP contribution in [-0.2, 0) is 9.53 Å². The molecule has 2 rings (SSSR count). The molecular weight excluding hydrogens is 194 g/mol. The Kier molecular flexibility index (Phi) is 2.67. The zero-order valence-electron chi connectivity index (χ0n) is 8.40. The first kappa shape index (κ1) is 9.71. The van der Waals surface area contributed by atoms with Crippen molar-refractivity contribution in [3.8, 4) is 5.75 Å². The van der Waals surface area contributed by atoms with Crippen molar-refractivity contribution >= 4 is 17.4 Å². The summed E-state index contributed by atoms with van der Waals surface area (Å²) in [5.41, 5.74) is 1.58. The van der Waals surface area contributed by atoms with Crippen LogP contribution in [0.3, 0.4) is 0 Å². The highest BCUT2D eigenvalue weighted by molar-refractivity contribution is 6.05.